The van der Waals surface area contributed by atoms with Gasteiger partial charge >= 0.3 is 17.9 Å². The number of nitrogens with zero attached hydrogens (tertiary/aromatic N) is 3. The van der Waals surface area contributed by atoms with E-state index >= 15 is 0 Å². The number of carboxylic acids is 3. The molecule has 0 radical (unpaired) electrons. The van der Waals surface area contributed by atoms with Gasteiger partial charge in [0.2, 0.25) is 70.9 Å². The topological polar surface area (TPSA) is 611 Å². The van der Waals surface area contributed by atoms with Gasteiger partial charge in [-0.2, -0.15) is 11.8 Å². The van der Waals surface area contributed by atoms with Crippen LogP contribution in [0.3, 0.4) is 0 Å². The molecule has 578 valence electrons. The van der Waals surface area contributed by atoms with Crippen LogP contribution in [0.5, 0.6) is 0 Å². The van der Waals surface area contributed by atoms with Crippen LogP contribution in [0.2, 0.25) is 0 Å². The van der Waals surface area contributed by atoms with Gasteiger partial charge in [0, 0.05) is 57.1 Å². The molecule has 12 atom stereocenters. The van der Waals surface area contributed by atoms with E-state index < -0.39 is 213 Å². The summed E-state index contributed by atoms with van der Waals surface area (Å²) in [6, 6.07) is -7.63. The van der Waals surface area contributed by atoms with Crippen LogP contribution >= 0.6 is 11.8 Å². The van der Waals surface area contributed by atoms with E-state index in [1.165, 1.54) is 29.2 Å². The zero-order valence-electron chi connectivity index (χ0n) is 59.4. The number of primary amides is 1. The number of thioether (sulfide) groups is 1. The Bertz CT molecular complexity index is 3240. The summed E-state index contributed by atoms with van der Waals surface area (Å²) in [5.41, 5.74) is 29.1. The van der Waals surface area contributed by atoms with Crippen molar-refractivity contribution in [2.75, 3.05) is 38.2 Å². The SMILES string of the molecule is CC[C@H](C)[C@H](NC(=O)[C@H](CCSC)NC(=O)[C@H](CCC(=O)O)NC(=O)[C@H](Cc1cnc[nH]1)NC(=O)[C@H](CCC(=O)O)NC(=O)[C@H](CCC(N)=O)NC(=O)[C@H](Cc1ccccc1)NC(=O)CNC(=O)[C@@H]1CCCN1C(=O)[C@H](CCCN=C(N)N)NC(=O)[C@H](CCCCN)NC(=O)[C@@H](N)CC(C)C)C(=O)O. The lowest BCUT2D eigenvalue weighted by molar-refractivity contribution is -0.144. The summed E-state index contributed by atoms with van der Waals surface area (Å²) >= 11 is 1.30. The molecule has 1 aliphatic heterocycles. The summed E-state index contributed by atoms with van der Waals surface area (Å²) in [7, 11) is 0. The minimum absolute atomic E-state index is 0.00780. The first-order valence-electron chi connectivity index (χ1n) is 34.5. The average Bonchev–Trinajstić information content (AvgIpc) is 1.36. The van der Waals surface area contributed by atoms with Crippen LogP contribution in [-0.2, 0) is 84.8 Å². The number of likely N-dealkylation sites (tertiary alicyclic amines) is 1. The zero-order valence-corrected chi connectivity index (χ0v) is 60.2. The van der Waals surface area contributed by atoms with E-state index in [1.54, 1.807) is 50.4 Å². The second-order valence-corrected chi connectivity index (χ2v) is 26.7. The molecule has 0 bridgehead atoms. The number of guanidine groups is 1. The van der Waals surface area contributed by atoms with E-state index in [0.717, 1.165) is 0 Å². The molecule has 1 aromatic carbocycles. The molecular formula is C66H105N19O18S. The van der Waals surface area contributed by atoms with Crippen molar-refractivity contribution in [3.8, 4) is 0 Å². The number of nitrogens with one attached hydrogen (secondary N) is 11. The Morgan fingerprint density at radius 1 is 0.625 bits per heavy atom. The largest absolute Gasteiger partial charge is 0.481 e. The number of hydrogen-bond donors (Lipinski definition) is 19. The Labute approximate surface area is 606 Å². The molecule has 0 aliphatic carbocycles. The molecule has 1 fully saturated rings. The lowest BCUT2D eigenvalue weighted by Gasteiger charge is -2.30. The van der Waals surface area contributed by atoms with Crippen molar-refractivity contribution in [1.29, 1.82) is 0 Å². The summed E-state index contributed by atoms with van der Waals surface area (Å²) in [5, 5.41) is 54.5. The molecule has 38 heteroatoms. The fourth-order valence-electron chi connectivity index (χ4n) is 11.0. The summed E-state index contributed by atoms with van der Waals surface area (Å²) in [4.78, 5) is 216. The van der Waals surface area contributed by atoms with Gasteiger partial charge in [-0.3, -0.25) is 72.1 Å². The number of carbonyl (C=O) groups is 15. The molecule has 24 N–H and O–H groups in total. The fraction of sp³-hybridized carbons (Fsp3) is 0.621. The number of imidazole rings is 1. The molecule has 0 spiro atoms. The van der Waals surface area contributed by atoms with E-state index in [-0.39, 0.29) is 74.9 Å². The number of aromatic amines is 1. The first-order chi connectivity index (χ1) is 49.3. The van der Waals surface area contributed by atoms with Crippen molar-refractivity contribution in [2.24, 2.45) is 45.5 Å². The van der Waals surface area contributed by atoms with E-state index in [4.69, 9.17) is 28.7 Å². The number of carbonyl (C=O) groups excluding carboxylic acids is 12. The number of hydrogen-bond acceptors (Lipinski definition) is 20. The Morgan fingerprint density at radius 3 is 1.62 bits per heavy atom. The number of nitrogens with two attached hydrogens (primary N) is 5. The predicted octanol–water partition coefficient (Wildman–Crippen LogP) is -3.90. The molecule has 2 aromatic rings. The van der Waals surface area contributed by atoms with Crippen molar-refractivity contribution < 1.29 is 87.2 Å². The normalized spacial score (nSPS) is 15.7. The quantitative estimate of drug-likeness (QED) is 0.0171. The second-order valence-electron chi connectivity index (χ2n) is 25.8. The van der Waals surface area contributed by atoms with Crippen LogP contribution in [0.15, 0.2) is 47.8 Å². The van der Waals surface area contributed by atoms with Gasteiger partial charge in [0.05, 0.1) is 18.9 Å². The molecule has 1 aromatic heterocycles. The average molecular weight is 1480 g/mol. The maximum absolute atomic E-state index is 14.5. The van der Waals surface area contributed by atoms with E-state index in [0.29, 0.717) is 44.2 Å². The molecular weight excluding hydrogens is 1380 g/mol. The van der Waals surface area contributed by atoms with Gasteiger partial charge in [-0.25, -0.2) is 9.78 Å². The highest BCUT2D eigenvalue weighted by Crippen LogP contribution is 2.21. The number of aromatic nitrogens is 2. The summed E-state index contributed by atoms with van der Waals surface area (Å²) in [5.74, 6) is -15.7. The van der Waals surface area contributed by atoms with E-state index in [1.807, 2.05) is 13.8 Å². The summed E-state index contributed by atoms with van der Waals surface area (Å²) < 4.78 is 0. The Morgan fingerprint density at radius 2 is 1.12 bits per heavy atom. The van der Waals surface area contributed by atoms with Crippen LogP contribution in [0, 0.1) is 11.8 Å². The van der Waals surface area contributed by atoms with Crippen molar-refractivity contribution in [2.45, 2.75) is 210 Å². The molecule has 12 amide bonds. The van der Waals surface area contributed by atoms with Crippen LogP contribution in [0.4, 0.5) is 0 Å². The van der Waals surface area contributed by atoms with Crippen molar-refractivity contribution >= 4 is 107 Å². The van der Waals surface area contributed by atoms with Crippen LogP contribution in [-0.4, -0.2) is 230 Å². The molecule has 1 aliphatic rings. The van der Waals surface area contributed by atoms with Gasteiger partial charge < -0.3 is 107 Å². The first kappa shape index (κ1) is 88.2. The van der Waals surface area contributed by atoms with Gasteiger partial charge in [0.15, 0.2) is 5.96 Å². The molecule has 1 saturated heterocycles. The van der Waals surface area contributed by atoms with Crippen LogP contribution in [0.1, 0.15) is 142 Å². The highest BCUT2D eigenvalue weighted by molar-refractivity contribution is 7.98. The number of carboxylic acid groups (broad SMARTS) is 3. The highest BCUT2D eigenvalue weighted by atomic mass is 32.2. The van der Waals surface area contributed by atoms with Crippen molar-refractivity contribution in [3.63, 3.8) is 0 Å². The third-order valence-corrected chi connectivity index (χ3v) is 17.5. The Balaban J connectivity index is 1.93. The Kier molecular flexibility index (Phi) is 39.5. The molecule has 37 nitrogen and oxygen atoms in total. The Hall–Kier alpha value is -9.98. The maximum Gasteiger partial charge on any atom is 0.326 e. The third-order valence-electron chi connectivity index (χ3n) is 16.9. The third kappa shape index (κ3) is 32.6. The minimum atomic E-state index is -1.85. The van der Waals surface area contributed by atoms with Gasteiger partial charge in [0.1, 0.15) is 60.4 Å². The summed E-state index contributed by atoms with van der Waals surface area (Å²) in [6.07, 6.45) is 2.16. The number of benzene rings is 1. The van der Waals surface area contributed by atoms with E-state index in [9.17, 15) is 87.2 Å². The van der Waals surface area contributed by atoms with Crippen molar-refractivity contribution in [1.82, 2.24) is 68.0 Å². The maximum atomic E-state index is 14.5. The van der Waals surface area contributed by atoms with Gasteiger partial charge in [-0.05, 0) is 113 Å². The molecule has 3 rings (SSSR count). The standard InChI is InChI=1S/C66H105N19O18S/c1-6-37(4)54(65(102)103)84-60(97)45(25-29-104-5)81-58(95)43(20-23-52(88)89)80-62(99)48(32-39-33-72-35-75-39)83-59(96)44(21-24-53(90)91)78-57(94)42(19-22-50(69)86)79-61(98)47(31-38-14-8-7-9-15-38)76-51(87)34-74-63(100)49-18-13-28-85(49)64(101)46(17-12-27-73-66(70)71)82-56(93)41(16-10-11-26-67)77-55(92)40(68)30-36(2)3/h7-9,14-15,33,35-37,40-49,54H,6,10-13,16-32,34,67-68H2,1-5H3,(H2,69,86)(H,72,75)(H,74,100)(H,76,87)(H,77,92)(H,78,94)(H,79,98)(H,80,99)(H,81,95)(H,82,93)(H,83,96)(H,84,97)(H,88,89)(H,90,91)(H,102,103)(H4,70,71,73)/t37-,40-,41-,42-,43-,44-,45-,46-,47-,48-,49-,54-/m0/s1. The first-order valence-corrected chi connectivity index (χ1v) is 35.9. The van der Waals surface area contributed by atoms with Crippen LogP contribution < -0.4 is 81.8 Å². The minimum Gasteiger partial charge on any atom is -0.481 e. The monoisotopic (exact) mass is 1480 g/mol. The highest BCUT2D eigenvalue weighted by Gasteiger charge is 2.40. The second kappa shape index (κ2) is 46.6. The van der Waals surface area contributed by atoms with Crippen LogP contribution in [0.25, 0.3) is 0 Å². The van der Waals surface area contributed by atoms with E-state index in [2.05, 4.69) is 68.1 Å². The van der Waals surface area contributed by atoms with Gasteiger partial charge in [0.25, 0.3) is 0 Å². The molecule has 0 unspecified atom stereocenters. The lowest BCUT2D eigenvalue weighted by atomic mass is 9.98. The zero-order chi connectivity index (χ0) is 77.6. The fourth-order valence-corrected chi connectivity index (χ4v) is 11.5. The number of rotatable bonds is 50. The smallest absolute Gasteiger partial charge is 0.326 e. The van der Waals surface area contributed by atoms with Gasteiger partial charge in [-0.1, -0.05) is 64.4 Å². The van der Waals surface area contributed by atoms with Crippen molar-refractivity contribution in [3.05, 3.63) is 54.1 Å². The van der Waals surface area contributed by atoms with Gasteiger partial charge in [-0.15, -0.1) is 0 Å². The molecule has 2 heterocycles. The summed E-state index contributed by atoms with van der Waals surface area (Å²) in [6.45, 7) is 6.76. The number of H-pyrrole nitrogens is 1. The number of aliphatic carboxylic acids is 3. The number of unbranched alkanes of at least 4 members (excludes halogenated alkanes) is 1. The predicted molar refractivity (Wildman–Crippen MR) is 380 cm³/mol. The molecule has 0 saturated carbocycles. The lowest BCUT2D eigenvalue weighted by Crippen LogP contribution is -2.60. The number of amides is 12. The number of aliphatic imine (C=N–C) groups is 1. The molecule has 104 heavy (non-hydrogen) atoms.